The van der Waals surface area contributed by atoms with Gasteiger partial charge in [-0.25, -0.2) is 0 Å². The van der Waals surface area contributed by atoms with Crippen molar-refractivity contribution in [3.8, 4) is 5.75 Å². The van der Waals surface area contributed by atoms with Crippen LogP contribution in [0.3, 0.4) is 0 Å². The summed E-state index contributed by atoms with van der Waals surface area (Å²) in [5.74, 6) is 0.366. The third-order valence-corrected chi connectivity index (χ3v) is 2.12. The van der Waals surface area contributed by atoms with Gasteiger partial charge in [0.1, 0.15) is 5.75 Å². The van der Waals surface area contributed by atoms with Crippen LogP contribution in [-0.4, -0.2) is 17.6 Å². The van der Waals surface area contributed by atoms with E-state index in [4.69, 9.17) is 0 Å². The number of carbonyl (C=O) groups excluding carboxylic acids is 1. The van der Waals surface area contributed by atoms with E-state index in [1.165, 1.54) is 0 Å². The molecule has 0 aliphatic heterocycles. The summed E-state index contributed by atoms with van der Waals surface area (Å²) in [6.07, 6.45) is 2.21. The molecule has 0 heterocycles. The van der Waals surface area contributed by atoms with E-state index >= 15 is 0 Å². The van der Waals surface area contributed by atoms with E-state index in [1.54, 1.807) is 18.2 Å². The number of aromatic hydroxyl groups is 1. The number of hydrogen-bond donors (Lipinski definition) is 2. The molecular formula is C12H17NO2. The van der Waals surface area contributed by atoms with Crippen LogP contribution in [0.2, 0.25) is 0 Å². The van der Waals surface area contributed by atoms with E-state index < -0.39 is 0 Å². The zero-order valence-corrected chi connectivity index (χ0v) is 8.99. The maximum atomic E-state index is 11.1. The molecule has 1 aromatic carbocycles. The highest BCUT2D eigenvalue weighted by molar-refractivity contribution is 5.75. The first-order chi connectivity index (χ1) is 7.22. The summed E-state index contributed by atoms with van der Waals surface area (Å²) in [5, 5.41) is 12.0. The Kier molecular flexibility index (Phi) is 4.68. The molecule has 0 saturated heterocycles. The SMILES string of the molecule is CCCC(=O)NCCc1cccc(O)c1. The van der Waals surface area contributed by atoms with E-state index in [9.17, 15) is 9.90 Å². The topological polar surface area (TPSA) is 49.3 Å². The second-order valence-electron chi connectivity index (χ2n) is 3.52. The van der Waals surface area contributed by atoms with Crippen LogP contribution in [-0.2, 0) is 11.2 Å². The number of carbonyl (C=O) groups is 1. The van der Waals surface area contributed by atoms with Crippen molar-refractivity contribution in [2.24, 2.45) is 0 Å². The molecule has 0 atom stereocenters. The molecule has 0 aliphatic rings. The Balaban J connectivity index is 2.28. The molecule has 0 spiro atoms. The highest BCUT2D eigenvalue weighted by Gasteiger charge is 1.99. The Bertz CT molecular complexity index is 323. The van der Waals surface area contributed by atoms with E-state index in [-0.39, 0.29) is 11.7 Å². The molecule has 1 amide bonds. The van der Waals surface area contributed by atoms with Gasteiger partial charge in [-0.1, -0.05) is 19.1 Å². The number of phenolic OH excluding ortho intramolecular Hbond substituents is 1. The zero-order chi connectivity index (χ0) is 11.1. The lowest BCUT2D eigenvalue weighted by Crippen LogP contribution is -2.25. The van der Waals surface area contributed by atoms with Crippen LogP contribution < -0.4 is 5.32 Å². The van der Waals surface area contributed by atoms with Crippen LogP contribution >= 0.6 is 0 Å². The molecule has 15 heavy (non-hydrogen) atoms. The zero-order valence-electron chi connectivity index (χ0n) is 8.99. The molecule has 0 fully saturated rings. The van der Waals surface area contributed by atoms with Crippen molar-refractivity contribution in [3.63, 3.8) is 0 Å². The Morgan fingerprint density at radius 1 is 1.47 bits per heavy atom. The summed E-state index contributed by atoms with van der Waals surface area (Å²) in [4.78, 5) is 11.1. The molecular weight excluding hydrogens is 190 g/mol. The number of rotatable bonds is 5. The monoisotopic (exact) mass is 207 g/mol. The van der Waals surface area contributed by atoms with E-state index in [2.05, 4.69) is 5.32 Å². The van der Waals surface area contributed by atoms with Crippen molar-refractivity contribution in [1.29, 1.82) is 0 Å². The normalized spacial score (nSPS) is 9.93. The van der Waals surface area contributed by atoms with Crippen molar-refractivity contribution in [2.75, 3.05) is 6.54 Å². The fourth-order valence-corrected chi connectivity index (χ4v) is 1.37. The molecule has 0 aromatic heterocycles. The largest absolute Gasteiger partial charge is 0.508 e. The number of hydrogen-bond acceptors (Lipinski definition) is 2. The second kappa shape index (κ2) is 6.06. The summed E-state index contributed by atoms with van der Waals surface area (Å²) < 4.78 is 0. The van der Waals surface area contributed by atoms with Gasteiger partial charge in [-0.3, -0.25) is 4.79 Å². The molecule has 0 bridgehead atoms. The smallest absolute Gasteiger partial charge is 0.219 e. The molecule has 3 nitrogen and oxygen atoms in total. The third-order valence-electron chi connectivity index (χ3n) is 2.12. The Morgan fingerprint density at radius 3 is 2.93 bits per heavy atom. The van der Waals surface area contributed by atoms with Gasteiger partial charge in [0.15, 0.2) is 0 Å². The minimum absolute atomic E-state index is 0.0950. The van der Waals surface area contributed by atoms with Gasteiger partial charge in [-0.05, 0) is 30.5 Å². The van der Waals surface area contributed by atoms with Gasteiger partial charge in [0.2, 0.25) is 5.91 Å². The standard InChI is InChI=1S/C12H17NO2/c1-2-4-12(15)13-8-7-10-5-3-6-11(14)9-10/h3,5-6,9,14H,2,4,7-8H2,1H3,(H,13,15). The van der Waals surface area contributed by atoms with Gasteiger partial charge in [0, 0.05) is 13.0 Å². The van der Waals surface area contributed by atoms with Crippen LogP contribution in [0.15, 0.2) is 24.3 Å². The molecule has 0 aliphatic carbocycles. The Hall–Kier alpha value is -1.51. The molecule has 1 rings (SSSR count). The predicted octanol–water partition coefficient (Wildman–Crippen LogP) is 1.85. The number of amides is 1. The fourth-order valence-electron chi connectivity index (χ4n) is 1.37. The quantitative estimate of drug-likeness (QED) is 0.774. The summed E-state index contributed by atoms with van der Waals surface area (Å²) in [5.41, 5.74) is 1.03. The number of phenols is 1. The first-order valence-corrected chi connectivity index (χ1v) is 5.27. The molecule has 3 heteroatoms. The van der Waals surface area contributed by atoms with Crippen molar-refractivity contribution in [1.82, 2.24) is 5.32 Å². The molecule has 2 N–H and O–H groups in total. The fraction of sp³-hybridized carbons (Fsp3) is 0.417. The van der Waals surface area contributed by atoms with Crippen LogP contribution in [0.4, 0.5) is 0 Å². The average Bonchev–Trinajstić information content (AvgIpc) is 2.18. The van der Waals surface area contributed by atoms with Crippen molar-refractivity contribution in [3.05, 3.63) is 29.8 Å². The highest BCUT2D eigenvalue weighted by Crippen LogP contribution is 2.10. The highest BCUT2D eigenvalue weighted by atomic mass is 16.3. The van der Waals surface area contributed by atoms with E-state index in [1.807, 2.05) is 13.0 Å². The maximum absolute atomic E-state index is 11.1. The van der Waals surface area contributed by atoms with Crippen LogP contribution in [0.1, 0.15) is 25.3 Å². The molecule has 0 unspecified atom stereocenters. The molecule has 82 valence electrons. The first kappa shape index (κ1) is 11.6. The summed E-state index contributed by atoms with van der Waals surface area (Å²) in [7, 11) is 0. The lowest BCUT2D eigenvalue weighted by Gasteiger charge is -2.04. The average molecular weight is 207 g/mol. The van der Waals surface area contributed by atoms with Crippen LogP contribution in [0, 0.1) is 0 Å². The van der Waals surface area contributed by atoms with Crippen molar-refractivity contribution in [2.45, 2.75) is 26.2 Å². The van der Waals surface area contributed by atoms with Crippen molar-refractivity contribution >= 4 is 5.91 Å². The lowest BCUT2D eigenvalue weighted by atomic mass is 10.1. The maximum Gasteiger partial charge on any atom is 0.219 e. The second-order valence-corrected chi connectivity index (χ2v) is 3.52. The third kappa shape index (κ3) is 4.49. The van der Waals surface area contributed by atoms with Gasteiger partial charge >= 0.3 is 0 Å². The van der Waals surface area contributed by atoms with E-state index in [0.717, 1.165) is 18.4 Å². The van der Waals surface area contributed by atoms with Gasteiger partial charge in [-0.15, -0.1) is 0 Å². The van der Waals surface area contributed by atoms with Crippen molar-refractivity contribution < 1.29 is 9.90 Å². The first-order valence-electron chi connectivity index (χ1n) is 5.27. The summed E-state index contributed by atoms with van der Waals surface area (Å²) in [6, 6.07) is 7.09. The van der Waals surface area contributed by atoms with Crippen LogP contribution in [0.25, 0.3) is 0 Å². The number of benzene rings is 1. The minimum Gasteiger partial charge on any atom is -0.508 e. The summed E-state index contributed by atoms with van der Waals surface area (Å²) >= 11 is 0. The van der Waals surface area contributed by atoms with Gasteiger partial charge in [0.25, 0.3) is 0 Å². The Morgan fingerprint density at radius 2 is 2.27 bits per heavy atom. The number of nitrogens with one attached hydrogen (secondary N) is 1. The van der Waals surface area contributed by atoms with Gasteiger partial charge in [-0.2, -0.15) is 0 Å². The predicted molar refractivity (Wildman–Crippen MR) is 59.7 cm³/mol. The molecule has 0 saturated carbocycles. The van der Waals surface area contributed by atoms with Gasteiger partial charge in [0.05, 0.1) is 0 Å². The minimum atomic E-state index is 0.0950. The lowest BCUT2D eigenvalue weighted by molar-refractivity contribution is -0.121. The van der Waals surface area contributed by atoms with Crippen LogP contribution in [0.5, 0.6) is 5.75 Å². The van der Waals surface area contributed by atoms with E-state index in [0.29, 0.717) is 13.0 Å². The molecule has 0 radical (unpaired) electrons. The summed E-state index contributed by atoms with van der Waals surface area (Å²) in [6.45, 7) is 2.61. The molecule has 1 aromatic rings. The van der Waals surface area contributed by atoms with Gasteiger partial charge < -0.3 is 10.4 Å². The Labute approximate surface area is 90.1 Å².